The SMILES string of the molecule is COC(c1ccccc1)c1ocnc1CNCC(C)C. The third-order valence-corrected chi connectivity index (χ3v) is 3.09. The van der Waals surface area contributed by atoms with Crippen LogP contribution in [0, 0.1) is 5.92 Å². The fourth-order valence-corrected chi connectivity index (χ4v) is 2.13. The molecule has 0 radical (unpaired) electrons. The summed E-state index contributed by atoms with van der Waals surface area (Å²) >= 11 is 0. The van der Waals surface area contributed by atoms with Crippen molar-refractivity contribution in [3.05, 3.63) is 53.7 Å². The van der Waals surface area contributed by atoms with Gasteiger partial charge in [0.15, 0.2) is 12.2 Å². The maximum absolute atomic E-state index is 5.59. The van der Waals surface area contributed by atoms with Crippen LogP contribution in [0.3, 0.4) is 0 Å². The molecule has 1 unspecified atom stereocenters. The number of benzene rings is 1. The van der Waals surface area contributed by atoms with E-state index in [4.69, 9.17) is 9.15 Å². The second-order valence-corrected chi connectivity index (χ2v) is 5.21. The Morgan fingerprint density at radius 1 is 1.25 bits per heavy atom. The van der Waals surface area contributed by atoms with Gasteiger partial charge in [-0.15, -0.1) is 0 Å². The molecule has 0 aliphatic heterocycles. The van der Waals surface area contributed by atoms with Crippen molar-refractivity contribution < 1.29 is 9.15 Å². The molecular weight excluding hydrogens is 252 g/mol. The molecule has 0 spiro atoms. The molecule has 0 saturated heterocycles. The van der Waals surface area contributed by atoms with Gasteiger partial charge in [0.2, 0.25) is 0 Å². The highest BCUT2D eigenvalue weighted by atomic mass is 16.5. The molecule has 2 rings (SSSR count). The summed E-state index contributed by atoms with van der Waals surface area (Å²) in [5.74, 6) is 1.38. The Labute approximate surface area is 120 Å². The van der Waals surface area contributed by atoms with Crippen LogP contribution in [-0.2, 0) is 11.3 Å². The molecule has 0 fully saturated rings. The van der Waals surface area contributed by atoms with Crippen LogP contribution in [0.15, 0.2) is 41.1 Å². The van der Waals surface area contributed by atoms with E-state index < -0.39 is 0 Å². The molecule has 1 heterocycles. The van der Waals surface area contributed by atoms with Crippen LogP contribution >= 0.6 is 0 Å². The maximum Gasteiger partial charge on any atom is 0.181 e. The maximum atomic E-state index is 5.59. The van der Waals surface area contributed by atoms with E-state index in [0.29, 0.717) is 12.5 Å². The summed E-state index contributed by atoms with van der Waals surface area (Å²) < 4.78 is 11.1. The highest BCUT2D eigenvalue weighted by Gasteiger charge is 2.21. The summed E-state index contributed by atoms with van der Waals surface area (Å²) in [6.07, 6.45) is 1.27. The molecule has 1 aromatic carbocycles. The number of oxazole rings is 1. The van der Waals surface area contributed by atoms with Gasteiger partial charge in [0, 0.05) is 13.7 Å². The van der Waals surface area contributed by atoms with Crippen molar-refractivity contribution in [3.8, 4) is 0 Å². The number of rotatable bonds is 7. The smallest absolute Gasteiger partial charge is 0.181 e. The Morgan fingerprint density at radius 2 is 2.00 bits per heavy atom. The van der Waals surface area contributed by atoms with Gasteiger partial charge in [-0.05, 0) is 18.0 Å². The predicted octanol–water partition coefficient (Wildman–Crippen LogP) is 3.16. The first-order valence-electron chi connectivity index (χ1n) is 6.93. The minimum absolute atomic E-state index is 0.213. The fraction of sp³-hybridized carbons (Fsp3) is 0.438. The van der Waals surface area contributed by atoms with Crippen molar-refractivity contribution >= 4 is 0 Å². The van der Waals surface area contributed by atoms with E-state index >= 15 is 0 Å². The number of ether oxygens (including phenoxy) is 1. The number of aromatic nitrogens is 1. The van der Waals surface area contributed by atoms with Crippen molar-refractivity contribution in [1.29, 1.82) is 0 Å². The molecule has 1 atom stereocenters. The van der Waals surface area contributed by atoms with Crippen LogP contribution in [0.1, 0.15) is 37.0 Å². The lowest BCUT2D eigenvalue weighted by Gasteiger charge is -2.15. The summed E-state index contributed by atoms with van der Waals surface area (Å²) in [6, 6.07) is 10.0. The molecule has 4 nitrogen and oxygen atoms in total. The van der Waals surface area contributed by atoms with E-state index in [1.165, 1.54) is 6.39 Å². The Morgan fingerprint density at radius 3 is 2.65 bits per heavy atom. The summed E-state index contributed by atoms with van der Waals surface area (Å²) in [5, 5.41) is 3.38. The van der Waals surface area contributed by atoms with Crippen LogP contribution in [0.5, 0.6) is 0 Å². The number of nitrogens with one attached hydrogen (secondary N) is 1. The first-order chi connectivity index (χ1) is 9.72. The first kappa shape index (κ1) is 14.8. The molecule has 0 amide bonds. The second-order valence-electron chi connectivity index (χ2n) is 5.21. The van der Waals surface area contributed by atoms with Crippen LogP contribution in [0.4, 0.5) is 0 Å². The van der Waals surface area contributed by atoms with Crippen molar-refractivity contribution in [2.45, 2.75) is 26.5 Å². The van der Waals surface area contributed by atoms with Gasteiger partial charge in [0.25, 0.3) is 0 Å². The van der Waals surface area contributed by atoms with Gasteiger partial charge >= 0.3 is 0 Å². The van der Waals surface area contributed by atoms with Crippen LogP contribution in [-0.4, -0.2) is 18.6 Å². The van der Waals surface area contributed by atoms with E-state index in [0.717, 1.165) is 23.6 Å². The molecule has 20 heavy (non-hydrogen) atoms. The zero-order valence-electron chi connectivity index (χ0n) is 12.3. The first-order valence-corrected chi connectivity index (χ1v) is 6.93. The average Bonchev–Trinajstić information content (AvgIpc) is 2.89. The predicted molar refractivity (Wildman–Crippen MR) is 78.3 cm³/mol. The van der Waals surface area contributed by atoms with Crippen LogP contribution < -0.4 is 5.32 Å². The largest absolute Gasteiger partial charge is 0.445 e. The number of nitrogens with zero attached hydrogens (tertiary/aromatic N) is 1. The third kappa shape index (κ3) is 3.68. The van der Waals surface area contributed by atoms with E-state index in [2.05, 4.69) is 24.1 Å². The van der Waals surface area contributed by atoms with Gasteiger partial charge in [-0.3, -0.25) is 0 Å². The molecule has 0 aliphatic rings. The van der Waals surface area contributed by atoms with Gasteiger partial charge in [-0.1, -0.05) is 44.2 Å². The summed E-state index contributed by atoms with van der Waals surface area (Å²) in [5.41, 5.74) is 1.97. The monoisotopic (exact) mass is 274 g/mol. The second kappa shape index (κ2) is 7.22. The Balaban J connectivity index is 2.13. The molecule has 1 N–H and O–H groups in total. The lowest BCUT2D eigenvalue weighted by atomic mass is 10.1. The van der Waals surface area contributed by atoms with Crippen molar-refractivity contribution in [2.75, 3.05) is 13.7 Å². The lowest BCUT2D eigenvalue weighted by Crippen LogP contribution is -2.20. The number of methoxy groups -OCH3 is 1. The third-order valence-electron chi connectivity index (χ3n) is 3.09. The number of hydrogen-bond acceptors (Lipinski definition) is 4. The quantitative estimate of drug-likeness (QED) is 0.842. The molecule has 1 aromatic heterocycles. The molecular formula is C16H22N2O2. The van der Waals surface area contributed by atoms with Crippen molar-refractivity contribution in [3.63, 3.8) is 0 Å². The van der Waals surface area contributed by atoms with Crippen molar-refractivity contribution in [2.24, 2.45) is 5.92 Å². The van der Waals surface area contributed by atoms with Crippen LogP contribution in [0.25, 0.3) is 0 Å². The Kier molecular flexibility index (Phi) is 5.32. The molecule has 108 valence electrons. The highest BCUT2D eigenvalue weighted by molar-refractivity contribution is 5.26. The molecule has 0 saturated carbocycles. The average molecular weight is 274 g/mol. The summed E-state index contributed by atoms with van der Waals surface area (Å²) in [7, 11) is 1.69. The van der Waals surface area contributed by atoms with E-state index in [1.54, 1.807) is 7.11 Å². The Hall–Kier alpha value is -1.65. The topological polar surface area (TPSA) is 47.3 Å². The highest BCUT2D eigenvalue weighted by Crippen LogP contribution is 2.27. The molecule has 4 heteroatoms. The van der Waals surface area contributed by atoms with E-state index in [1.807, 2.05) is 30.3 Å². The lowest BCUT2D eigenvalue weighted by molar-refractivity contribution is 0.115. The standard InChI is InChI=1S/C16H22N2O2/c1-12(2)9-17-10-14-16(20-11-18-14)15(19-3)13-7-5-4-6-8-13/h4-8,11-12,15,17H,9-10H2,1-3H3. The zero-order chi connectivity index (χ0) is 14.4. The molecule has 0 bridgehead atoms. The minimum atomic E-state index is -0.213. The molecule has 2 aromatic rings. The minimum Gasteiger partial charge on any atom is -0.445 e. The zero-order valence-corrected chi connectivity index (χ0v) is 12.3. The van der Waals surface area contributed by atoms with Crippen molar-refractivity contribution in [1.82, 2.24) is 10.3 Å². The summed E-state index contributed by atoms with van der Waals surface area (Å²) in [4.78, 5) is 4.30. The molecule has 0 aliphatic carbocycles. The van der Waals surface area contributed by atoms with Gasteiger partial charge in [0.1, 0.15) is 6.10 Å². The Bertz CT molecular complexity index is 508. The fourth-order valence-electron chi connectivity index (χ4n) is 2.13. The van der Waals surface area contributed by atoms with Crippen LogP contribution in [0.2, 0.25) is 0 Å². The van der Waals surface area contributed by atoms with Gasteiger partial charge < -0.3 is 14.5 Å². The van der Waals surface area contributed by atoms with Gasteiger partial charge in [-0.2, -0.15) is 0 Å². The normalized spacial score (nSPS) is 12.8. The van der Waals surface area contributed by atoms with Gasteiger partial charge in [0.05, 0.1) is 5.69 Å². The van der Waals surface area contributed by atoms with Gasteiger partial charge in [-0.25, -0.2) is 4.98 Å². The number of hydrogen-bond donors (Lipinski definition) is 1. The van der Waals surface area contributed by atoms with E-state index in [-0.39, 0.29) is 6.10 Å². The summed E-state index contributed by atoms with van der Waals surface area (Å²) in [6.45, 7) is 6.00. The van der Waals surface area contributed by atoms with E-state index in [9.17, 15) is 0 Å².